The molecular formula is C23H19ClN4O3. The molecule has 7 nitrogen and oxygen atoms in total. The molecular weight excluding hydrogens is 416 g/mol. The number of hydrogen-bond donors (Lipinski definition) is 1. The Hall–Kier alpha value is -3.71. The number of carbonyl (C=O) groups excluding carboxylic acids is 1. The second kappa shape index (κ2) is 8.57. The quantitative estimate of drug-likeness (QED) is 0.523. The lowest BCUT2D eigenvalue weighted by molar-refractivity contribution is -0.121. The van der Waals surface area contributed by atoms with E-state index in [-0.39, 0.29) is 19.0 Å². The van der Waals surface area contributed by atoms with E-state index in [1.807, 2.05) is 13.0 Å². The van der Waals surface area contributed by atoms with Crippen LogP contribution in [0.3, 0.4) is 0 Å². The molecule has 4 rings (SSSR count). The number of hydrogen-bond acceptors (Lipinski definition) is 4. The van der Waals surface area contributed by atoms with E-state index in [2.05, 4.69) is 10.3 Å². The van der Waals surface area contributed by atoms with Crippen LogP contribution in [0.1, 0.15) is 11.3 Å². The number of amides is 1. The lowest BCUT2D eigenvalue weighted by Crippen LogP contribution is -2.41. The lowest BCUT2D eigenvalue weighted by Gasteiger charge is -2.15. The van der Waals surface area contributed by atoms with Crippen LogP contribution in [0, 0.1) is 6.92 Å². The van der Waals surface area contributed by atoms with E-state index < -0.39 is 11.2 Å². The van der Waals surface area contributed by atoms with Gasteiger partial charge in [0.2, 0.25) is 5.91 Å². The summed E-state index contributed by atoms with van der Waals surface area (Å²) in [5.74, 6) is -0.370. The first-order chi connectivity index (χ1) is 14.9. The highest BCUT2D eigenvalue weighted by molar-refractivity contribution is 6.30. The van der Waals surface area contributed by atoms with Gasteiger partial charge in [-0.05, 0) is 49.4 Å². The van der Waals surface area contributed by atoms with Crippen molar-refractivity contribution >= 4 is 28.4 Å². The number of rotatable bonds is 5. The lowest BCUT2D eigenvalue weighted by atomic mass is 10.1. The highest BCUT2D eigenvalue weighted by Crippen LogP contribution is 2.15. The van der Waals surface area contributed by atoms with Crippen LogP contribution in [0.2, 0.25) is 5.02 Å². The number of halogens is 1. The molecule has 2 aromatic heterocycles. The number of benzene rings is 2. The van der Waals surface area contributed by atoms with Gasteiger partial charge in [-0.1, -0.05) is 35.4 Å². The third-order valence-corrected chi connectivity index (χ3v) is 5.09. The Kier molecular flexibility index (Phi) is 5.68. The molecule has 0 atom stereocenters. The molecule has 0 fully saturated rings. The van der Waals surface area contributed by atoms with Gasteiger partial charge in [0.05, 0.1) is 28.8 Å². The Labute approximate surface area is 182 Å². The van der Waals surface area contributed by atoms with Crippen molar-refractivity contribution in [2.75, 3.05) is 0 Å². The summed E-state index contributed by atoms with van der Waals surface area (Å²) in [6.07, 6.45) is 1.64. The molecule has 2 heterocycles. The molecule has 0 radical (unpaired) electrons. The van der Waals surface area contributed by atoms with Crippen molar-refractivity contribution in [2.24, 2.45) is 0 Å². The minimum absolute atomic E-state index is 0.236. The van der Waals surface area contributed by atoms with Crippen LogP contribution in [0.4, 0.5) is 0 Å². The molecule has 0 unspecified atom stereocenters. The van der Waals surface area contributed by atoms with Crippen molar-refractivity contribution in [3.05, 3.63) is 104 Å². The van der Waals surface area contributed by atoms with Crippen LogP contribution in [0.25, 0.3) is 16.6 Å². The highest BCUT2D eigenvalue weighted by Gasteiger charge is 2.17. The molecule has 156 valence electrons. The third-order valence-electron chi connectivity index (χ3n) is 4.86. The van der Waals surface area contributed by atoms with E-state index in [4.69, 9.17) is 11.6 Å². The number of fused-ring (bicyclic) bond motifs is 1. The van der Waals surface area contributed by atoms with Crippen LogP contribution in [0.15, 0.2) is 76.4 Å². The molecule has 1 amide bonds. The Morgan fingerprint density at radius 2 is 1.90 bits per heavy atom. The van der Waals surface area contributed by atoms with Crippen molar-refractivity contribution in [1.29, 1.82) is 0 Å². The van der Waals surface area contributed by atoms with E-state index >= 15 is 0 Å². The standard InChI is InChI=1S/C23H19ClN4O3/c1-15-8-9-20-19(11-15)22(30)28(18-7-4-5-16(24)12-18)23(31)27(20)14-21(29)26-13-17-6-2-3-10-25-17/h2-12H,13-14H2,1H3,(H,26,29). The maximum atomic E-state index is 13.3. The van der Waals surface area contributed by atoms with Gasteiger partial charge < -0.3 is 5.32 Å². The maximum Gasteiger partial charge on any atom is 0.336 e. The number of nitrogens with zero attached hydrogens (tertiary/aromatic N) is 3. The van der Waals surface area contributed by atoms with Crippen LogP contribution >= 0.6 is 11.6 Å². The van der Waals surface area contributed by atoms with Gasteiger partial charge in [-0.2, -0.15) is 0 Å². The van der Waals surface area contributed by atoms with Gasteiger partial charge in [0.1, 0.15) is 6.54 Å². The molecule has 0 spiro atoms. The predicted molar refractivity (Wildman–Crippen MR) is 120 cm³/mol. The molecule has 0 saturated heterocycles. The molecule has 1 N–H and O–H groups in total. The molecule has 2 aromatic carbocycles. The number of aryl methyl sites for hydroxylation is 1. The monoisotopic (exact) mass is 434 g/mol. The first-order valence-corrected chi connectivity index (χ1v) is 10.0. The normalized spacial score (nSPS) is 10.9. The minimum Gasteiger partial charge on any atom is -0.349 e. The summed E-state index contributed by atoms with van der Waals surface area (Å²) < 4.78 is 2.34. The average molecular weight is 435 g/mol. The van der Waals surface area contributed by atoms with E-state index in [1.165, 1.54) is 10.6 Å². The fourth-order valence-corrected chi connectivity index (χ4v) is 3.56. The van der Waals surface area contributed by atoms with Crippen LogP contribution in [-0.4, -0.2) is 20.0 Å². The van der Waals surface area contributed by atoms with Crippen LogP contribution in [-0.2, 0) is 17.9 Å². The predicted octanol–water partition coefficient (Wildman–Crippen LogP) is 2.83. The smallest absolute Gasteiger partial charge is 0.336 e. The largest absolute Gasteiger partial charge is 0.349 e. The number of pyridine rings is 1. The topological polar surface area (TPSA) is 86.0 Å². The third kappa shape index (κ3) is 4.27. The Balaban J connectivity index is 1.79. The fraction of sp³-hybridized carbons (Fsp3) is 0.130. The van der Waals surface area contributed by atoms with E-state index in [0.717, 1.165) is 10.1 Å². The minimum atomic E-state index is -0.614. The van der Waals surface area contributed by atoms with E-state index in [9.17, 15) is 14.4 Å². The van der Waals surface area contributed by atoms with Gasteiger partial charge >= 0.3 is 5.69 Å². The van der Waals surface area contributed by atoms with E-state index in [1.54, 1.807) is 54.7 Å². The number of aromatic nitrogens is 3. The summed E-state index contributed by atoms with van der Waals surface area (Å²) in [4.78, 5) is 43.3. The average Bonchev–Trinajstić information content (AvgIpc) is 2.76. The van der Waals surface area contributed by atoms with Gasteiger partial charge in [0, 0.05) is 11.2 Å². The SMILES string of the molecule is Cc1ccc2c(c1)c(=O)n(-c1cccc(Cl)c1)c(=O)n2CC(=O)NCc1ccccn1. The van der Waals surface area contributed by atoms with Crippen molar-refractivity contribution in [3.8, 4) is 5.69 Å². The zero-order chi connectivity index (χ0) is 22.0. The summed E-state index contributed by atoms with van der Waals surface area (Å²) in [6.45, 7) is 1.85. The van der Waals surface area contributed by atoms with Crippen molar-refractivity contribution in [1.82, 2.24) is 19.4 Å². The molecule has 31 heavy (non-hydrogen) atoms. The second-order valence-corrected chi connectivity index (χ2v) is 7.54. The summed E-state index contributed by atoms with van der Waals surface area (Å²) in [6, 6.07) is 17.1. The van der Waals surface area contributed by atoms with Gasteiger partial charge in [0.15, 0.2) is 0 Å². The zero-order valence-corrected chi connectivity index (χ0v) is 17.5. The zero-order valence-electron chi connectivity index (χ0n) is 16.7. The molecule has 4 aromatic rings. The summed E-state index contributed by atoms with van der Waals surface area (Å²) >= 11 is 6.07. The number of carbonyl (C=O) groups is 1. The molecule has 0 aliphatic rings. The fourth-order valence-electron chi connectivity index (χ4n) is 3.37. The molecule has 0 saturated carbocycles. The van der Waals surface area contributed by atoms with Gasteiger partial charge in [-0.3, -0.25) is 19.1 Å². The molecule has 0 aliphatic carbocycles. The maximum absolute atomic E-state index is 13.3. The molecule has 0 aliphatic heterocycles. The Morgan fingerprint density at radius 3 is 2.65 bits per heavy atom. The number of nitrogens with one attached hydrogen (secondary N) is 1. The second-order valence-electron chi connectivity index (χ2n) is 7.11. The molecule has 0 bridgehead atoms. The first kappa shape index (κ1) is 20.6. The van der Waals surface area contributed by atoms with Crippen molar-refractivity contribution in [2.45, 2.75) is 20.0 Å². The van der Waals surface area contributed by atoms with Crippen LogP contribution in [0.5, 0.6) is 0 Å². The van der Waals surface area contributed by atoms with Crippen molar-refractivity contribution in [3.63, 3.8) is 0 Å². The van der Waals surface area contributed by atoms with Gasteiger partial charge in [-0.25, -0.2) is 9.36 Å². The Bertz CT molecular complexity index is 1390. The van der Waals surface area contributed by atoms with E-state index in [0.29, 0.717) is 27.3 Å². The summed E-state index contributed by atoms with van der Waals surface area (Å²) in [5, 5.41) is 3.50. The van der Waals surface area contributed by atoms with Gasteiger partial charge in [-0.15, -0.1) is 0 Å². The Morgan fingerprint density at radius 1 is 1.06 bits per heavy atom. The highest BCUT2D eigenvalue weighted by atomic mass is 35.5. The first-order valence-electron chi connectivity index (χ1n) is 9.63. The summed E-state index contributed by atoms with van der Waals surface area (Å²) in [5.41, 5.74) is 1.23. The molecule has 8 heteroatoms. The summed E-state index contributed by atoms with van der Waals surface area (Å²) in [7, 11) is 0. The van der Waals surface area contributed by atoms with Gasteiger partial charge in [0.25, 0.3) is 5.56 Å². The van der Waals surface area contributed by atoms with Crippen molar-refractivity contribution < 1.29 is 4.79 Å². The van der Waals surface area contributed by atoms with Crippen LogP contribution < -0.4 is 16.6 Å².